The fraction of sp³-hybridized carbons (Fsp3) is 0.286. The first-order chi connectivity index (χ1) is 8.33. The molecule has 17 heavy (non-hydrogen) atoms. The third-order valence-electron chi connectivity index (χ3n) is 3.22. The molecule has 1 aromatic heterocycles. The van der Waals surface area contributed by atoms with Gasteiger partial charge in [0.25, 0.3) is 0 Å². The van der Waals surface area contributed by atoms with Crippen molar-refractivity contribution in [1.29, 1.82) is 0 Å². The van der Waals surface area contributed by atoms with Crippen molar-refractivity contribution < 1.29 is 0 Å². The molecule has 0 aliphatic carbocycles. The highest BCUT2D eigenvalue weighted by Gasteiger charge is 2.16. The quantitative estimate of drug-likeness (QED) is 0.746. The Morgan fingerprint density at radius 1 is 1.12 bits per heavy atom. The minimum absolute atomic E-state index is 0.835. The lowest BCUT2D eigenvalue weighted by molar-refractivity contribution is 0.717. The van der Waals surface area contributed by atoms with E-state index in [2.05, 4.69) is 39.1 Å². The summed E-state index contributed by atoms with van der Waals surface area (Å²) < 4.78 is 0. The lowest BCUT2D eigenvalue weighted by Gasteiger charge is -2.29. The first kappa shape index (κ1) is 10.3. The molecule has 0 saturated carbocycles. The van der Waals surface area contributed by atoms with Crippen LogP contribution in [0.1, 0.15) is 17.0 Å². The average molecular weight is 225 g/mol. The summed E-state index contributed by atoms with van der Waals surface area (Å²) in [6.07, 6.45) is 2.93. The number of hydrogen-bond donors (Lipinski definition) is 0. The SMILES string of the molecule is Cc1nccc(N2CCc3ccccc3C2)n1. The van der Waals surface area contributed by atoms with Crippen LogP contribution in [-0.2, 0) is 13.0 Å². The van der Waals surface area contributed by atoms with Gasteiger partial charge in [-0.15, -0.1) is 0 Å². The van der Waals surface area contributed by atoms with Crippen LogP contribution in [0.3, 0.4) is 0 Å². The molecule has 0 amide bonds. The summed E-state index contributed by atoms with van der Waals surface area (Å²) in [5.41, 5.74) is 2.88. The van der Waals surface area contributed by atoms with Gasteiger partial charge < -0.3 is 4.90 Å². The van der Waals surface area contributed by atoms with Gasteiger partial charge in [-0.25, -0.2) is 9.97 Å². The molecule has 3 nitrogen and oxygen atoms in total. The van der Waals surface area contributed by atoms with E-state index in [9.17, 15) is 0 Å². The van der Waals surface area contributed by atoms with E-state index in [0.717, 1.165) is 31.2 Å². The van der Waals surface area contributed by atoms with Crippen LogP contribution >= 0.6 is 0 Å². The Morgan fingerprint density at radius 2 is 1.94 bits per heavy atom. The standard InChI is InChI=1S/C14H15N3/c1-11-15-8-6-14(16-11)17-9-7-12-4-2-3-5-13(12)10-17/h2-6,8H,7,9-10H2,1H3. The first-order valence-electron chi connectivity index (χ1n) is 5.94. The normalized spacial score (nSPS) is 14.5. The Bertz CT molecular complexity index is 536. The molecular formula is C14H15N3. The zero-order valence-electron chi connectivity index (χ0n) is 9.93. The van der Waals surface area contributed by atoms with Crippen LogP contribution in [0.4, 0.5) is 5.82 Å². The third kappa shape index (κ3) is 2.00. The van der Waals surface area contributed by atoms with E-state index in [4.69, 9.17) is 0 Å². The van der Waals surface area contributed by atoms with E-state index < -0.39 is 0 Å². The smallest absolute Gasteiger partial charge is 0.132 e. The van der Waals surface area contributed by atoms with Crippen LogP contribution in [0, 0.1) is 6.92 Å². The molecule has 0 fully saturated rings. The first-order valence-corrected chi connectivity index (χ1v) is 5.94. The summed E-state index contributed by atoms with van der Waals surface area (Å²) in [6, 6.07) is 10.6. The molecule has 0 unspecified atom stereocenters. The number of benzene rings is 1. The third-order valence-corrected chi connectivity index (χ3v) is 3.22. The number of fused-ring (bicyclic) bond motifs is 1. The van der Waals surface area contributed by atoms with Gasteiger partial charge in [-0.2, -0.15) is 0 Å². The largest absolute Gasteiger partial charge is 0.352 e. The van der Waals surface area contributed by atoms with Crippen molar-refractivity contribution in [3.63, 3.8) is 0 Å². The molecule has 0 N–H and O–H groups in total. The highest BCUT2D eigenvalue weighted by molar-refractivity contribution is 5.43. The van der Waals surface area contributed by atoms with Gasteiger partial charge in [0.15, 0.2) is 0 Å². The van der Waals surface area contributed by atoms with E-state index in [1.165, 1.54) is 11.1 Å². The van der Waals surface area contributed by atoms with E-state index in [-0.39, 0.29) is 0 Å². The van der Waals surface area contributed by atoms with Crippen molar-refractivity contribution in [3.8, 4) is 0 Å². The number of aryl methyl sites for hydroxylation is 1. The number of anilines is 1. The lowest BCUT2D eigenvalue weighted by atomic mass is 10.00. The van der Waals surface area contributed by atoms with Gasteiger partial charge in [0, 0.05) is 19.3 Å². The van der Waals surface area contributed by atoms with Gasteiger partial charge in [0.05, 0.1) is 0 Å². The van der Waals surface area contributed by atoms with E-state index in [0.29, 0.717) is 0 Å². The zero-order chi connectivity index (χ0) is 11.7. The van der Waals surface area contributed by atoms with Crippen LogP contribution in [0.15, 0.2) is 36.5 Å². The lowest BCUT2D eigenvalue weighted by Crippen LogP contribution is -2.31. The molecule has 2 aromatic rings. The van der Waals surface area contributed by atoms with Crippen LogP contribution in [0.5, 0.6) is 0 Å². The van der Waals surface area contributed by atoms with E-state index in [1.807, 2.05) is 19.2 Å². The van der Waals surface area contributed by atoms with Crippen molar-refractivity contribution in [1.82, 2.24) is 9.97 Å². The maximum Gasteiger partial charge on any atom is 0.132 e. The molecule has 0 bridgehead atoms. The van der Waals surface area contributed by atoms with Gasteiger partial charge in [-0.1, -0.05) is 24.3 Å². The molecule has 0 spiro atoms. The summed E-state index contributed by atoms with van der Waals surface area (Å²) in [4.78, 5) is 10.9. The predicted molar refractivity (Wildman–Crippen MR) is 68.0 cm³/mol. The Labute approximate surface area is 101 Å². The number of aromatic nitrogens is 2. The predicted octanol–water partition coefficient (Wildman–Crippen LogP) is 2.35. The van der Waals surface area contributed by atoms with Gasteiger partial charge >= 0.3 is 0 Å². The average Bonchev–Trinajstić information content (AvgIpc) is 2.38. The van der Waals surface area contributed by atoms with E-state index >= 15 is 0 Å². The van der Waals surface area contributed by atoms with Crippen molar-refractivity contribution in [2.75, 3.05) is 11.4 Å². The Morgan fingerprint density at radius 3 is 2.76 bits per heavy atom. The van der Waals surface area contributed by atoms with Crippen molar-refractivity contribution in [2.24, 2.45) is 0 Å². The van der Waals surface area contributed by atoms with Crippen LogP contribution < -0.4 is 4.90 Å². The molecule has 0 atom stereocenters. The second-order valence-corrected chi connectivity index (χ2v) is 4.40. The maximum atomic E-state index is 4.48. The molecule has 86 valence electrons. The molecule has 2 heterocycles. The van der Waals surface area contributed by atoms with Crippen LogP contribution in [-0.4, -0.2) is 16.5 Å². The van der Waals surface area contributed by atoms with Crippen LogP contribution in [0.2, 0.25) is 0 Å². The second kappa shape index (κ2) is 4.17. The summed E-state index contributed by atoms with van der Waals surface area (Å²) >= 11 is 0. The Balaban J connectivity index is 1.89. The van der Waals surface area contributed by atoms with E-state index in [1.54, 1.807) is 0 Å². The van der Waals surface area contributed by atoms with Crippen LogP contribution in [0.25, 0.3) is 0 Å². The van der Waals surface area contributed by atoms with Gasteiger partial charge in [-0.3, -0.25) is 0 Å². The molecule has 0 radical (unpaired) electrons. The fourth-order valence-electron chi connectivity index (χ4n) is 2.31. The van der Waals surface area contributed by atoms with Crippen molar-refractivity contribution in [2.45, 2.75) is 19.9 Å². The second-order valence-electron chi connectivity index (χ2n) is 4.40. The Kier molecular flexibility index (Phi) is 2.52. The Hall–Kier alpha value is -1.90. The minimum Gasteiger partial charge on any atom is -0.352 e. The molecule has 1 aliphatic rings. The van der Waals surface area contributed by atoms with Crippen molar-refractivity contribution in [3.05, 3.63) is 53.5 Å². The molecule has 0 saturated heterocycles. The maximum absolute atomic E-state index is 4.48. The van der Waals surface area contributed by atoms with Crippen molar-refractivity contribution >= 4 is 5.82 Å². The molecule has 1 aliphatic heterocycles. The molecule has 3 heteroatoms. The topological polar surface area (TPSA) is 29.0 Å². The highest BCUT2D eigenvalue weighted by atomic mass is 15.2. The molecule has 1 aromatic carbocycles. The van der Waals surface area contributed by atoms with Gasteiger partial charge in [0.1, 0.15) is 11.6 Å². The highest BCUT2D eigenvalue weighted by Crippen LogP contribution is 2.22. The number of rotatable bonds is 1. The molecular weight excluding hydrogens is 210 g/mol. The minimum atomic E-state index is 0.835. The summed E-state index contributed by atoms with van der Waals surface area (Å²) in [5, 5.41) is 0. The van der Waals surface area contributed by atoms with Gasteiger partial charge in [-0.05, 0) is 30.5 Å². The number of nitrogens with zero attached hydrogens (tertiary/aromatic N) is 3. The monoisotopic (exact) mass is 225 g/mol. The fourth-order valence-corrected chi connectivity index (χ4v) is 2.31. The number of hydrogen-bond acceptors (Lipinski definition) is 3. The summed E-state index contributed by atoms with van der Waals surface area (Å²) in [6.45, 7) is 3.92. The summed E-state index contributed by atoms with van der Waals surface area (Å²) in [5.74, 6) is 1.87. The zero-order valence-corrected chi connectivity index (χ0v) is 9.93. The molecule has 3 rings (SSSR count). The summed E-state index contributed by atoms with van der Waals surface area (Å²) in [7, 11) is 0. The van der Waals surface area contributed by atoms with Gasteiger partial charge in [0.2, 0.25) is 0 Å².